The van der Waals surface area contributed by atoms with Gasteiger partial charge in [-0.3, -0.25) is 5.41 Å². The highest BCUT2D eigenvalue weighted by molar-refractivity contribution is 5.96. The Morgan fingerprint density at radius 1 is 1.08 bits per heavy atom. The molecule has 7 heteroatoms. The number of hydrogen-bond acceptors (Lipinski definition) is 6. The minimum atomic E-state index is -0.781. The van der Waals surface area contributed by atoms with Crippen LogP contribution in [0.25, 0.3) is 0 Å². The molecule has 2 aromatic rings. The highest BCUT2D eigenvalue weighted by Gasteiger charge is 2.23. The van der Waals surface area contributed by atoms with Gasteiger partial charge in [0.25, 0.3) is 0 Å². The van der Waals surface area contributed by atoms with Crippen molar-refractivity contribution >= 4 is 17.5 Å². The Labute approximate surface area is 146 Å². The maximum absolute atomic E-state index is 12.3. The molecule has 0 bridgehead atoms. The summed E-state index contributed by atoms with van der Waals surface area (Å²) < 4.78 is 15.4. The lowest BCUT2D eigenvalue weighted by molar-refractivity contribution is -0.141. The molecular formula is C18H21N3O4. The molecule has 2 rings (SSSR count). The first-order chi connectivity index (χ1) is 12.0. The van der Waals surface area contributed by atoms with Crippen molar-refractivity contribution in [3.63, 3.8) is 0 Å². The van der Waals surface area contributed by atoms with Crippen LogP contribution in [0.15, 0.2) is 42.5 Å². The molecule has 0 saturated heterocycles. The van der Waals surface area contributed by atoms with Gasteiger partial charge in [-0.05, 0) is 29.8 Å². The minimum absolute atomic E-state index is 0.0543. The first-order valence-electron chi connectivity index (χ1n) is 7.50. The lowest BCUT2D eigenvalue weighted by Crippen LogP contribution is -2.22. The molecule has 0 aliphatic carbocycles. The van der Waals surface area contributed by atoms with Crippen molar-refractivity contribution < 1.29 is 19.0 Å². The van der Waals surface area contributed by atoms with E-state index in [1.54, 1.807) is 42.5 Å². The Balaban J connectivity index is 2.42. The van der Waals surface area contributed by atoms with Crippen molar-refractivity contribution in [3.05, 3.63) is 53.6 Å². The number of anilines is 1. The molecular weight excluding hydrogens is 322 g/mol. The van der Waals surface area contributed by atoms with Crippen LogP contribution in [-0.2, 0) is 9.53 Å². The van der Waals surface area contributed by atoms with Gasteiger partial charge in [0, 0.05) is 17.3 Å². The Morgan fingerprint density at radius 2 is 1.72 bits per heavy atom. The van der Waals surface area contributed by atoms with Gasteiger partial charge in [0.2, 0.25) is 0 Å². The monoisotopic (exact) mass is 343 g/mol. The minimum Gasteiger partial charge on any atom is -0.497 e. The smallest absolute Gasteiger partial charge is 0.332 e. The molecule has 0 aliphatic rings. The second-order valence-electron chi connectivity index (χ2n) is 5.24. The van der Waals surface area contributed by atoms with E-state index in [9.17, 15) is 4.79 Å². The van der Waals surface area contributed by atoms with Crippen molar-refractivity contribution in [2.45, 2.75) is 6.04 Å². The Bertz CT molecular complexity index is 754. The van der Waals surface area contributed by atoms with Gasteiger partial charge in [-0.1, -0.05) is 12.1 Å². The number of carbonyl (C=O) groups is 1. The first kappa shape index (κ1) is 18.1. The second kappa shape index (κ2) is 8.05. The van der Waals surface area contributed by atoms with Crippen LogP contribution >= 0.6 is 0 Å². The van der Waals surface area contributed by atoms with E-state index in [1.165, 1.54) is 21.3 Å². The molecule has 0 amide bonds. The van der Waals surface area contributed by atoms with Crippen LogP contribution in [0.4, 0.5) is 5.69 Å². The molecule has 7 nitrogen and oxygen atoms in total. The number of nitrogens with one attached hydrogen (secondary N) is 2. The van der Waals surface area contributed by atoms with E-state index in [-0.39, 0.29) is 5.84 Å². The number of rotatable bonds is 7. The molecule has 4 N–H and O–H groups in total. The number of hydrogen-bond donors (Lipinski definition) is 3. The van der Waals surface area contributed by atoms with E-state index in [1.807, 2.05) is 0 Å². The molecule has 0 aliphatic heterocycles. The predicted octanol–water partition coefficient (Wildman–Crippen LogP) is 2.31. The number of amidine groups is 1. The predicted molar refractivity (Wildman–Crippen MR) is 95.4 cm³/mol. The third-order valence-electron chi connectivity index (χ3n) is 3.63. The van der Waals surface area contributed by atoms with Crippen molar-refractivity contribution in [2.75, 3.05) is 26.6 Å². The summed E-state index contributed by atoms with van der Waals surface area (Å²) in [6, 6.07) is 11.3. The van der Waals surface area contributed by atoms with E-state index in [0.29, 0.717) is 28.3 Å². The Morgan fingerprint density at radius 3 is 2.24 bits per heavy atom. The van der Waals surface area contributed by atoms with Crippen molar-refractivity contribution in [1.29, 1.82) is 5.41 Å². The van der Waals surface area contributed by atoms with Crippen LogP contribution in [0.3, 0.4) is 0 Å². The summed E-state index contributed by atoms with van der Waals surface area (Å²) in [6.07, 6.45) is 0. The molecule has 0 radical (unpaired) electrons. The second-order valence-corrected chi connectivity index (χ2v) is 5.24. The van der Waals surface area contributed by atoms with Gasteiger partial charge in [0.05, 0.1) is 21.3 Å². The largest absolute Gasteiger partial charge is 0.497 e. The average molecular weight is 343 g/mol. The highest BCUT2D eigenvalue weighted by Crippen LogP contribution is 2.29. The van der Waals surface area contributed by atoms with Gasteiger partial charge in [-0.2, -0.15) is 0 Å². The van der Waals surface area contributed by atoms with E-state index < -0.39 is 12.0 Å². The fraction of sp³-hybridized carbons (Fsp3) is 0.222. The van der Waals surface area contributed by atoms with Crippen LogP contribution in [0.5, 0.6) is 11.5 Å². The standard InChI is InChI=1S/C18H21N3O4/c1-23-14-8-12(9-15(10-14)24-2)16(18(22)25-3)21-13-6-4-5-11(7-13)17(19)20/h4-10,16,21H,1-3H3,(H3,19,20). The summed E-state index contributed by atoms with van der Waals surface area (Å²) in [6.45, 7) is 0. The molecule has 2 aromatic carbocycles. The first-order valence-corrected chi connectivity index (χ1v) is 7.50. The van der Waals surface area contributed by atoms with E-state index in [4.69, 9.17) is 25.4 Å². The van der Waals surface area contributed by atoms with Crippen LogP contribution in [-0.4, -0.2) is 33.1 Å². The molecule has 1 atom stereocenters. The van der Waals surface area contributed by atoms with E-state index in [0.717, 1.165) is 0 Å². The fourth-order valence-corrected chi connectivity index (χ4v) is 2.34. The van der Waals surface area contributed by atoms with E-state index >= 15 is 0 Å². The Kier molecular flexibility index (Phi) is 5.84. The maximum Gasteiger partial charge on any atom is 0.332 e. The molecule has 1 unspecified atom stereocenters. The van der Waals surface area contributed by atoms with Gasteiger partial charge < -0.3 is 25.3 Å². The van der Waals surface area contributed by atoms with Crippen molar-refractivity contribution in [3.8, 4) is 11.5 Å². The molecule has 25 heavy (non-hydrogen) atoms. The molecule has 0 fully saturated rings. The zero-order valence-electron chi connectivity index (χ0n) is 14.3. The maximum atomic E-state index is 12.3. The van der Waals surface area contributed by atoms with Gasteiger partial charge in [0.15, 0.2) is 6.04 Å². The number of ether oxygens (including phenoxy) is 3. The summed E-state index contributed by atoms with van der Waals surface area (Å²) in [5.74, 6) is 0.593. The summed E-state index contributed by atoms with van der Waals surface area (Å²) in [5, 5.41) is 10.6. The summed E-state index contributed by atoms with van der Waals surface area (Å²) in [7, 11) is 4.39. The zero-order valence-corrected chi connectivity index (χ0v) is 14.3. The summed E-state index contributed by atoms with van der Waals surface area (Å²) in [4.78, 5) is 12.3. The van der Waals surface area contributed by atoms with Gasteiger partial charge in [0.1, 0.15) is 17.3 Å². The zero-order chi connectivity index (χ0) is 18.4. The van der Waals surface area contributed by atoms with Gasteiger partial charge in [-0.15, -0.1) is 0 Å². The molecule has 132 valence electrons. The molecule has 0 aromatic heterocycles. The topological polar surface area (TPSA) is 107 Å². The van der Waals surface area contributed by atoms with Crippen molar-refractivity contribution in [2.24, 2.45) is 5.73 Å². The number of nitrogens with two attached hydrogens (primary N) is 1. The lowest BCUT2D eigenvalue weighted by atomic mass is 10.0. The van der Waals surface area contributed by atoms with Gasteiger partial charge >= 0.3 is 5.97 Å². The number of benzene rings is 2. The number of esters is 1. The number of nitrogen functional groups attached to an aromatic ring is 1. The lowest BCUT2D eigenvalue weighted by Gasteiger charge is -2.20. The van der Waals surface area contributed by atoms with Crippen molar-refractivity contribution in [1.82, 2.24) is 0 Å². The van der Waals surface area contributed by atoms with Crippen LogP contribution < -0.4 is 20.5 Å². The normalized spacial score (nSPS) is 11.3. The van der Waals surface area contributed by atoms with Crippen LogP contribution in [0, 0.1) is 5.41 Å². The number of methoxy groups -OCH3 is 3. The third kappa shape index (κ3) is 4.41. The molecule has 0 saturated carbocycles. The number of carbonyl (C=O) groups excluding carboxylic acids is 1. The molecule has 0 spiro atoms. The Hall–Kier alpha value is -3.22. The van der Waals surface area contributed by atoms with E-state index in [2.05, 4.69) is 5.32 Å². The fourth-order valence-electron chi connectivity index (χ4n) is 2.34. The molecule has 0 heterocycles. The average Bonchev–Trinajstić information content (AvgIpc) is 2.65. The van der Waals surface area contributed by atoms with Crippen LogP contribution in [0.2, 0.25) is 0 Å². The van der Waals surface area contributed by atoms with Crippen LogP contribution in [0.1, 0.15) is 17.2 Å². The highest BCUT2D eigenvalue weighted by atomic mass is 16.5. The summed E-state index contributed by atoms with van der Waals surface area (Å²) in [5.41, 5.74) is 7.32. The summed E-state index contributed by atoms with van der Waals surface area (Å²) >= 11 is 0. The SMILES string of the molecule is COC(=O)C(Nc1cccc(C(=N)N)c1)c1cc(OC)cc(OC)c1. The third-order valence-corrected chi connectivity index (χ3v) is 3.63. The van der Waals surface area contributed by atoms with Gasteiger partial charge in [-0.25, -0.2) is 4.79 Å². The quantitative estimate of drug-likeness (QED) is 0.405.